The predicted molar refractivity (Wildman–Crippen MR) is 79.3 cm³/mol. The van der Waals surface area contributed by atoms with Gasteiger partial charge in [-0.1, -0.05) is 11.8 Å². The van der Waals surface area contributed by atoms with Crippen LogP contribution in [0.15, 0.2) is 36.8 Å². The summed E-state index contributed by atoms with van der Waals surface area (Å²) in [6.45, 7) is 1.85. The van der Waals surface area contributed by atoms with Gasteiger partial charge in [0.15, 0.2) is 0 Å². The van der Waals surface area contributed by atoms with Gasteiger partial charge in [0.05, 0.1) is 23.8 Å². The molecule has 0 unspecified atom stereocenters. The largest absolute Gasteiger partial charge is 0.394 e. The van der Waals surface area contributed by atoms with Crippen molar-refractivity contribution >= 4 is 5.82 Å². The summed E-state index contributed by atoms with van der Waals surface area (Å²) in [6, 6.07) is 8.97. The van der Waals surface area contributed by atoms with Crippen LogP contribution >= 0.6 is 0 Å². The van der Waals surface area contributed by atoms with Crippen LogP contribution in [-0.2, 0) is 0 Å². The molecule has 104 valence electrons. The van der Waals surface area contributed by atoms with Gasteiger partial charge in [-0.2, -0.15) is 5.26 Å². The fourth-order valence-electron chi connectivity index (χ4n) is 1.58. The normalized spacial score (nSPS) is 10.9. The van der Waals surface area contributed by atoms with Gasteiger partial charge < -0.3 is 10.4 Å². The molecule has 0 fully saturated rings. The lowest BCUT2D eigenvalue weighted by atomic mass is 10.1. The van der Waals surface area contributed by atoms with Crippen molar-refractivity contribution in [2.75, 3.05) is 11.9 Å². The molecule has 0 saturated heterocycles. The summed E-state index contributed by atoms with van der Waals surface area (Å²) in [5.41, 5.74) is 2.06. The zero-order valence-corrected chi connectivity index (χ0v) is 11.5. The smallest absolute Gasteiger partial charge is 0.145 e. The van der Waals surface area contributed by atoms with Crippen molar-refractivity contribution in [2.45, 2.75) is 13.0 Å². The molecule has 0 spiro atoms. The quantitative estimate of drug-likeness (QED) is 0.832. The molecule has 0 radical (unpaired) electrons. The first kappa shape index (κ1) is 14.5. The second-order valence-electron chi connectivity index (χ2n) is 4.45. The van der Waals surface area contributed by atoms with Crippen LogP contribution in [0.3, 0.4) is 0 Å². The van der Waals surface area contributed by atoms with E-state index in [1.165, 1.54) is 6.33 Å². The Morgan fingerprint density at radius 2 is 1.95 bits per heavy atom. The molecule has 0 amide bonds. The minimum atomic E-state index is -0.115. The number of aliphatic hydroxyl groups is 1. The number of hydrogen-bond donors (Lipinski definition) is 2. The first-order valence-corrected chi connectivity index (χ1v) is 6.42. The van der Waals surface area contributed by atoms with E-state index in [1.807, 2.05) is 6.92 Å². The summed E-state index contributed by atoms with van der Waals surface area (Å²) in [5.74, 6) is 6.59. The Bertz CT molecular complexity index is 708. The number of nitriles is 1. The Morgan fingerprint density at radius 3 is 2.62 bits per heavy atom. The number of nitrogens with one attached hydrogen (secondary N) is 1. The molecule has 0 aliphatic carbocycles. The molecular weight excluding hydrogens is 264 g/mol. The Balaban J connectivity index is 2.23. The first-order chi connectivity index (χ1) is 10.2. The van der Waals surface area contributed by atoms with Crippen LogP contribution in [0.5, 0.6) is 0 Å². The summed E-state index contributed by atoms with van der Waals surface area (Å²) in [7, 11) is 0. The monoisotopic (exact) mass is 278 g/mol. The van der Waals surface area contributed by atoms with Crippen LogP contribution in [0.4, 0.5) is 5.82 Å². The Morgan fingerprint density at radius 1 is 1.24 bits per heavy atom. The van der Waals surface area contributed by atoms with E-state index in [1.54, 1.807) is 30.5 Å². The fraction of sp³-hybridized carbons (Fsp3) is 0.188. The zero-order valence-electron chi connectivity index (χ0n) is 11.5. The second-order valence-corrected chi connectivity index (χ2v) is 4.45. The van der Waals surface area contributed by atoms with Crippen LogP contribution in [0.2, 0.25) is 0 Å². The van der Waals surface area contributed by atoms with Gasteiger partial charge in [-0.05, 0) is 31.2 Å². The van der Waals surface area contributed by atoms with E-state index in [0.29, 0.717) is 16.9 Å². The molecular formula is C16H14N4O. The molecule has 2 aromatic rings. The van der Waals surface area contributed by atoms with Gasteiger partial charge in [0.1, 0.15) is 12.1 Å². The van der Waals surface area contributed by atoms with E-state index in [-0.39, 0.29) is 12.6 Å². The molecule has 1 aromatic carbocycles. The molecule has 2 rings (SSSR count). The van der Waals surface area contributed by atoms with Crippen LogP contribution < -0.4 is 5.32 Å². The third kappa shape index (κ3) is 4.04. The van der Waals surface area contributed by atoms with Crippen molar-refractivity contribution in [2.24, 2.45) is 0 Å². The third-order valence-electron chi connectivity index (χ3n) is 2.72. The highest BCUT2D eigenvalue weighted by Gasteiger charge is 2.05. The number of hydrogen-bond acceptors (Lipinski definition) is 5. The molecule has 0 bridgehead atoms. The molecule has 5 nitrogen and oxygen atoms in total. The topological polar surface area (TPSA) is 81.8 Å². The summed E-state index contributed by atoms with van der Waals surface area (Å²) < 4.78 is 0. The van der Waals surface area contributed by atoms with Gasteiger partial charge in [-0.3, -0.25) is 0 Å². The van der Waals surface area contributed by atoms with E-state index >= 15 is 0 Å². The van der Waals surface area contributed by atoms with Crippen LogP contribution in [-0.4, -0.2) is 27.7 Å². The number of nitrogens with zero attached hydrogens (tertiary/aromatic N) is 3. The number of anilines is 1. The standard InChI is InChI=1S/C16H14N4O/c1-12(10-21)20-16-15(9-18-11-19-16)7-6-13-2-4-14(8-17)5-3-13/h2-5,9,11-12,21H,10H2,1H3,(H,18,19,20)/t12-/m1/s1. The van der Waals surface area contributed by atoms with Gasteiger partial charge >= 0.3 is 0 Å². The van der Waals surface area contributed by atoms with Gasteiger partial charge in [0, 0.05) is 17.8 Å². The average Bonchev–Trinajstić information content (AvgIpc) is 2.54. The maximum Gasteiger partial charge on any atom is 0.145 e. The number of aromatic nitrogens is 2. The van der Waals surface area contributed by atoms with Crippen molar-refractivity contribution in [1.29, 1.82) is 5.26 Å². The Hall–Kier alpha value is -2.89. The molecule has 1 heterocycles. The molecule has 0 aliphatic rings. The van der Waals surface area contributed by atoms with Gasteiger partial charge in [0.2, 0.25) is 0 Å². The highest BCUT2D eigenvalue weighted by atomic mass is 16.3. The Labute approximate surface area is 123 Å². The number of rotatable bonds is 3. The van der Waals surface area contributed by atoms with Crippen molar-refractivity contribution < 1.29 is 5.11 Å². The van der Waals surface area contributed by atoms with E-state index in [4.69, 9.17) is 10.4 Å². The maximum absolute atomic E-state index is 9.08. The minimum absolute atomic E-state index is 0.00644. The SMILES string of the molecule is C[C@H](CO)Nc1ncncc1C#Cc1ccc(C#N)cc1. The summed E-state index contributed by atoms with van der Waals surface area (Å²) in [5, 5.41) is 20.9. The van der Waals surface area contributed by atoms with Gasteiger partial charge in [0.25, 0.3) is 0 Å². The highest BCUT2D eigenvalue weighted by Crippen LogP contribution is 2.10. The second kappa shape index (κ2) is 7.04. The van der Waals surface area contributed by atoms with E-state index in [9.17, 15) is 0 Å². The fourth-order valence-corrected chi connectivity index (χ4v) is 1.58. The van der Waals surface area contributed by atoms with Crippen molar-refractivity contribution in [1.82, 2.24) is 9.97 Å². The van der Waals surface area contributed by atoms with Crippen molar-refractivity contribution in [3.05, 3.63) is 53.5 Å². The molecule has 0 aliphatic heterocycles. The minimum Gasteiger partial charge on any atom is -0.394 e. The lowest BCUT2D eigenvalue weighted by Gasteiger charge is -2.11. The lowest BCUT2D eigenvalue weighted by molar-refractivity contribution is 0.281. The number of benzene rings is 1. The van der Waals surface area contributed by atoms with Crippen LogP contribution in [0.1, 0.15) is 23.6 Å². The van der Waals surface area contributed by atoms with Crippen molar-refractivity contribution in [3.8, 4) is 17.9 Å². The molecule has 2 N–H and O–H groups in total. The van der Waals surface area contributed by atoms with E-state index in [2.05, 4.69) is 33.2 Å². The molecule has 1 aromatic heterocycles. The lowest BCUT2D eigenvalue weighted by Crippen LogP contribution is -2.20. The molecule has 5 heteroatoms. The van der Waals surface area contributed by atoms with Gasteiger partial charge in [-0.15, -0.1) is 0 Å². The zero-order chi connectivity index (χ0) is 15.1. The molecule has 1 atom stereocenters. The van der Waals surface area contributed by atoms with E-state index in [0.717, 1.165) is 5.56 Å². The molecule has 0 saturated carbocycles. The summed E-state index contributed by atoms with van der Waals surface area (Å²) in [6.07, 6.45) is 3.05. The molecule has 21 heavy (non-hydrogen) atoms. The predicted octanol–water partition coefficient (Wildman–Crippen LogP) is 1.54. The Kier molecular flexibility index (Phi) is 4.87. The number of aliphatic hydroxyl groups excluding tert-OH is 1. The first-order valence-electron chi connectivity index (χ1n) is 6.42. The average molecular weight is 278 g/mol. The van der Waals surface area contributed by atoms with Gasteiger partial charge in [-0.25, -0.2) is 9.97 Å². The highest BCUT2D eigenvalue weighted by molar-refractivity contribution is 5.55. The van der Waals surface area contributed by atoms with E-state index < -0.39 is 0 Å². The maximum atomic E-state index is 9.08. The summed E-state index contributed by atoms with van der Waals surface area (Å²) >= 11 is 0. The van der Waals surface area contributed by atoms with Crippen LogP contribution in [0, 0.1) is 23.2 Å². The van der Waals surface area contributed by atoms with Crippen molar-refractivity contribution in [3.63, 3.8) is 0 Å². The summed E-state index contributed by atoms with van der Waals surface area (Å²) in [4.78, 5) is 8.09. The third-order valence-corrected chi connectivity index (χ3v) is 2.72. The van der Waals surface area contributed by atoms with Crippen LogP contribution in [0.25, 0.3) is 0 Å².